The first-order valence-electron chi connectivity index (χ1n) is 8.88. The first-order valence-corrected chi connectivity index (χ1v) is 9.67. The summed E-state index contributed by atoms with van der Waals surface area (Å²) in [4.78, 5) is 14.5. The summed E-state index contributed by atoms with van der Waals surface area (Å²) in [5.74, 6) is 1.62. The molecule has 0 aromatic heterocycles. The second-order valence-corrected chi connectivity index (χ2v) is 7.29. The lowest BCUT2D eigenvalue weighted by molar-refractivity contribution is 0.0791. The maximum absolute atomic E-state index is 12.7. The van der Waals surface area contributed by atoms with E-state index in [1.54, 1.807) is 0 Å². The normalized spacial score (nSPS) is 14.8. The molecule has 138 valence electrons. The molecule has 3 nitrogen and oxygen atoms in total. The number of carbonyl (C=O) groups excluding carboxylic acids is 1. The molecule has 0 atom stereocenters. The highest BCUT2D eigenvalue weighted by Crippen LogP contribution is 2.29. The molecule has 0 aliphatic carbocycles. The zero-order chi connectivity index (χ0) is 19.2. The van der Waals surface area contributed by atoms with Gasteiger partial charge >= 0.3 is 0 Å². The number of carbonyl (C=O) groups is 1. The Hall–Kier alpha value is -2.59. The van der Waals surface area contributed by atoms with Crippen LogP contribution in [0.25, 0.3) is 0 Å². The van der Waals surface area contributed by atoms with E-state index in [0.717, 1.165) is 32.7 Å². The lowest BCUT2D eigenvalue weighted by atomic mass is 10.1. The third-order valence-corrected chi connectivity index (χ3v) is 4.91. The van der Waals surface area contributed by atoms with Gasteiger partial charge in [0.05, 0.1) is 5.56 Å². The second kappa shape index (κ2) is 8.87. The quantitative estimate of drug-likeness (QED) is 0.428. The first kappa shape index (κ1) is 19.2. The molecule has 0 spiro atoms. The van der Waals surface area contributed by atoms with Crippen molar-refractivity contribution >= 4 is 21.8 Å². The molecule has 4 heteroatoms. The van der Waals surface area contributed by atoms with Gasteiger partial charge in [0.15, 0.2) is 0 Å². The minimum atomic E-state index is 0.0726. The SMILES string of the molecule is C\C=C/C(=C\C=C(/C)CN1Cc2cccc(Br)c2C1=O)Oc1ccccc1. The smallest absolute Gasteiger partial charge is 0.255 e. The maximum Gasteiger partial charge on any atom is 0.255 e. The summed E-state index contributed by atoms with van der Waals surface area (Å²) >= 11 is 3.48. The molecule has 27 heavy (non-hydrogen) atoms. The van der Waals surface area contributed by atoms with E-state index in [0.29, 0.717) is 13.1 Å². The van der Waals surface area contributed by atoms with Crippen LogP contribution in [0.4, 0.5) is 0 Å². The number of hydrogen-bond donors (Lipinski definition) is 0. The van der Waals surface area contributed by atoms with E-state index >= 15 is 0 Å². The molecule has 1 heterocycles. The van der Waals surface area contributed by atoms with Crippen LogP contribution in [0.3, 0.4) is 0 Å². The van der Waals surface area contributed by atoms with Gasteiger partial charge in [-0.05, 0) is 65.7 Å². The summed E-state index contributed by atoms with van der Waals surface area (Å²) in [6, 6.07) is 15.6. The number of halogens is 1. The summed E-state index contributed by atoms with van der Waals surface area (Å²) in [5.41, 5.74) is 2.94. The van der Waals surface area contributed by atoms with Crippen molar-refractivity contribution < 1.29 is 9.53 Å². The fraction of sp³-hybridized carbons (Fsp3) is 0.174. The molecule has 0 saturated carbocycles. The highest BCUT2D eigenvalue weighted by Gasteiger charge is 2.28. The summed E-state index contributed by atoms with van der Waals surface area (Å²) in [5, 5.41) is 0. The zero-order valence-electron chi connectivity index (χ0n) is 15.5. The van der Waals surface area contributed by atoms with Crippen LogP contribution in [0, 0.1) is 0 Å². The molecule has 0 unspecified atom stereocenters. The predicted octanol–water partition coefficient (Wildman–Crippen LogP) is 5.89. The van der Waals surface area contributed by atoms with E-state index in [9.17, 15) is 4.79 Å². The van der Waals surface area contributed by atoms with Crippen molar-refractivity contribution in [3.05, 3.63) is 99.8 Å². The molecule has 0 N–H and O–H groups in total. The molecule has 0 radical (unpaired) electrons. The average Bonchev–Trinajstić information content (AvgIpc) is 2.97. The number of hydrogen-bond acceptors (Lipinski definition) is 2. The van der Waals surface area contributed by atoms with Gasteiger partial charge in [-0.15, -0.1) is 0 Å². The number of benzene rings is 2. The molecule has 1 aliphatic heterocycles. The van der Waals surface area contributed by atoms with Gasteiger partial charge in [0.1, 0.15) is 11.5 Å². The Labute approximate surface area is 168 Å². The number of nitrogens with zero attached hydrogens (tertiary/aromatic N) is 1. The number of fused-ring (bicyclic) bond motifs is 1. The molecule has 0 bridgehead atoms. The Morgan fingerprint density at radius 3 is 2.63 bits per heavy atom. The van der Waals surface area contributed by atoms with Crippen LogP contribution >= 0.6 is 15.9 Å². The molecular formula is C23H22BrNO2. The Bertz CT molecular complexity index is 913. The standard InChI is InChI=1S/C23H22BrNO2/c1-3-8-19(27-20-10-5-4-6-11-20)14-13-17(2)15-25-16-18-9-7-12-21(24)22(18)23(25)26/h3-14H,15-16H2,1-2H3/b8-3-,17-13+,19-14+. The number of rotatable bonds is 6. The minimum absolute atomic E-state index is 0.0726. The van der Waals surface area contributed by atoms with Crippen molar-refractivity contribution in [2.24, 2.45) is 0 Å². The topological polar surface area (TPSA) is 29.5 Å². The second-order valence-electron chi connectivity index (χ2n) is 6.43. The molecule has 1 amide bonds. The Morgan fingerprint density at radius 1 is 1.15 bits per heavy atom. The number of para-hydroxylation sites is 1. The fourth-order valence-corrected chi connectivity index (χ4v) is 3.57. The lowest BCUT2D eigenvalue weighted by Gasteiger charge is -2.15. The molecular weight excluding hydrogens is 402 g/mol. The van der Waals surface area contributed by atoms with E-state index in [1.165, 1.54) is 0 Å². The van der Waals surface area contributed by atoms with Gasteiger partial charge in [0.2, 0.25) is 0 Å². The van der Waals surface area contributed by atoms with Gasteiger partial charge in [-0.25, -0.2) is 0 Å². The molecule has 0 saturated heterocycles. The van der Waals surface area contributed by atoms with Crippen molar-refractivity contribution in [3.8, 4) is 5.75 Å². The van der Waals surface area contributed by atoms with Crippen molar-refractivity contribution in [2.75, 3.05) is 6.54 Å². The van der Waals surface area contributed by atoms with Gasteiger partial charge in [-0.2, -0.15) is 0 Å². The van der Waals surface area contributed by atoms with Gasteiger partial charge in [-0.1, -0.05) is 48.1 Å². The average molecular weight is 424 g/mol. The van der Waals surface area contributed by atoms with Gasteiger partial charge in [0.25, 0.3) is 5.91 Å². The summed E-state index contributed by atoms with van der Waals surface area (Å²) < 4.78 is 6.77. The monoisotopic (exact) mass is 423 g/mol. The van der Waals surface area contributed by atoms with E-state index in [2.05, 4.69) is 15.9 Å². The summed E-state index contributed by atoms with van der Waals surface area (Å²) in [6.45, 7) is 5.21. The largest absolute Gasteiger partial charge is 0.457 e. The minimum Gasteiger partial charge on any atom is -0.457 e. The third-order valence-electron chi connectivity index (χ3n) is 4.24. The van der Waals surface area contributed by atoms with E-state index in [-0.39, 0.29) is 5.91 Å². The Morgan fingerprint density at radius 2 is 1.93 bits per heavy atom. The van der Waals surface area contributed by atoms with Gasteiger partial charge < -0.3 is 9.64 Å². The Balaban J connectivity index is 1.70. The first-order chi connectivity index (χ1) is 13.1. The number of amides is 1. The van der Waals surface area contributed by atoms with Crippen LogP contribution in [0.5, 0.6) is 5.75 Å². The highest BCUT2D eigenvalue weighted by molar-refractivity contribution is 9.10. The van der Waals surface area contributed by atoms with E-state index in [4.69, 9.17) is 4.74 Å². The Kier molecular flexibility index (Phi) is 6.30. The van der Waals surface area contributed by atoms with Crippen molar-refractivity contribution in [2.45, 2.75) is 20.4 Å². The molecule has 1 aliphatic rings. The van der Waals surface area contributed by atoms with Crippen LogP contribution in [-0.4, -0.2) is 17.4 Å². The maximum atomic E-state index is 12.7. The number of allylic oxidation sites excluding steroid dienone is 4. The molecule has 2 aromatic rings. The van der Waals surface area contributed by atoms with E-state index in [1.807, 2.05) is 91.6 Å². The van der Waals surface area contributed by atoms with Crippen molar-refractivity contribution in [3.63, 3.8) is 0 Å². The lowest BCUT2D eigenvalue weighted by Crippen LogP contribution is -2.25. The van der Waals surface area contributed by atoms with Gasteiger partial charge in [-0.3, -0.25) is 4.79 Å². The van der Waals surface area contributed by atoms with Crippen LogP contribution < -0.4 is 4.74 Å². The summed E-state index contributed by atoms with van der Waals surface area (Å²) in [6.07, 6.45) is 7.80. The van der Waals surface area contributed by atoms with Crippen LogP contribution in [0.2, 0.25) is 0 Å². The van der Waals surface area contributed by atoms with Crippen LogP contribution in [-0.2, 0) is 6.54 Å². The van der Waals surface area contributed by atoms with Crippen LogP contribution in [0.1, 0.15) is 29.8 Å². The van der Waals surface area contributed by atoms with E-state index < -0.39 is 0 Å². The summed E-state index contributed by atoms with van der Waals surface area (Å²) in [7, 11) is 0. The molecule has 3 rings (SSSR count). The molecule has 0 fully saturated rings. The van der Waals surface area contributed by atoms with Crippen molar-refractivity contribution in [1.82, 2.24) is 4.90 Å². The predicted molar refractivity (Wildman–Crippen MR) is 113 cm³/mol. The van der Waals surface area contributed by atoms with Crippen molar-refractivity contribution in [1.29, 1.82) is 0 Å². The fourth-order valence-electron chi connectivity index (χ4n) is 2.99. The third kappa shape index (κ3) is 4.77. The highest BCUT2D eigenvalue weighted by atomic mass is 79.9. The van der Waals surface area contributed by atoms with Gasteiger partial charge in [0, 0.05) is 17.6 Å². The number of ether oxygens (including phenoxy) is 1. The van der Waals surface area contributed by atoms with Crippen LogP contribution in [0.15, 0.2) is 88.6 Å². The zero-order valence-corrected chi connectivity index (χ0v) is 17.1. The molecule has 2 aromatic carbocycles.